The van der Waals surface area contributed by atoms with Crippen LogP contribution in [0.15, 0.2) is 40.9 Å². The van der Waals surface area contributed by atoms with Crippen LogP contribution < -0.4 is 10.6 Å². The average Bonchev–Trinajstić information content (AvgIpc) is 3.26. The molecule has 1 aromatic carbocycles. The molecule has 2 amide bonds. The van der Waals surface area contributed by atoms with Gasteiger partial charge in [-0.15, -0.1) is 21.5 Å². The zero-order valence-corrected chi connectivity index (χ0v) is 19.3. The van der Waals surface area contributed by atoms with Gasteiger partial charge in [-0.3, -0.25) is 14.2 Å². The lowest BCUT2D eigenvalue weighted by molar-refractivity contribution is -0.123. The molecule has 1 aliphatic carbocycles. The molecule has 1 fully saturated rings. The summed E-state index contributed by atoms with van der Waals surface area (Å²) in [5.74, 6) is 0.411. The number of para-hydroxylation sites is 1. The number of carbonyl (C=O) groups excluding carboxylic acids is 2. The highest BCUT2D eigenvalue weighted by Crippen LogP contribution is 2.42. The van der Waals surface area contributed by atoms with E-state index in [4.69, 9.17) is 0 Å². The van der Waals surface area contributed by atoms with E-state index >= 15 is 0 Å². The highest BCUT2D eigenvalue weighted by atomic mass is 32.2. The van der Waals surface area contributed by atoms with Crippen molar-refractivity contribution in [1.82, 2.24) is 20.1 Å². The highest BCUT2D eigenvalue weighted by Gasteiger charge is 2.31. The molecule has 1 atom stereocenters. The molecule has 4 rings (SSSR count). The highest BCUT2D eigenvalue weighted by molar-refractivity contribution is 8.00. The predicted molar refractivity (Wildman–Crippen MR) is 124 cm³/mol. The maximum atomic E-state index is 12.6. The number of aromatic nitrogens is 3. The fourth-order valence-corrected chi connectivity index (χ4v) is 4.96. The fraction of sp³-hybridized carbons (Fsp3) is 0.364. The molecular formula is C22H25N5O2S2. The second-order valence-corrected chi connectivity index (χ2v) is 9.93. The summed E-state index contributed by atoms with van der Waals surface area (Å²) in [4.78, 5) is 26.0. The van der Waals surface area contributed by atoms with Gasteiger partial charge >= 0.3 is 0 Å². The van der Waals surface area contributed by atoms with Crippen LogP contribution in [0.3, 0.4) is 0 Å². The molecule has 0 spiro atoms. The first kappa shape index (κ1) is 21.6. The number of aryl methyl sites for hydroxylation is 2. The maximum Gasteiger partial charge on any atom is 0.243 e. The minimum absolute atomic E-state index is 0.0761. The van der Waals surface area contributed by atoms with Crippen molar-refractivity contribution in [3.8, 4) is 10.7 Å². The van der Waals surface area contributed by atoms with Gasteiger partial charge in [0.1, 0.15) is 0 Å². The largest absolute Gasteiger partial charge is 0.346 e. The lowest BCUT2D eigenvalue weighted by Gasteiger charge is -2.14. The number of thioether (sulfide) groups is 1. The number of amides is 2. The van der Waals surface area contributed by atoms with Gasteiger partial charge in [0, 0.05) is 11.7 Å². The normalized spacial score (nSPS) is 14.3. The molecular weight excluding hydrogens is 430 g/mol. The van der Waals surface area contributed by atoms with Crippen molar-refractivity contribution in [1.29, 1.82) is 0 Å². The van der Waals surface area contributed by atoms with E-state index in [0.29, 0.717) is 6.04 Å². The van der Waals surface area contributed by atoms with Gasteiger partial charge in [0.25, 0.3) is 0 Å². The van der Waals surface area contributed by atoms with Crippen LogP contribution >= 0.6 is 23.1 Å². The van der Waals surface area contributed by atoms with E-state index in [1.54, 1.807) is 11.3 Å². The van der Waals surface area contributed by atoms with Crippen LogP contribution in [-0.4, -0.2) is 38.4 Å². The number of anilines is 1. The quantitative estimate of drug-likeness (QED) is 0.497. The molecule has 1 unspecified atom stereocenters. The lowest BCUT2D eigenvalue weighted by atomic mass is 10.1. The van der Waals surface area contributed by atoms with Gasteiger partial charge in [0.05, 0.1) is 16.7 Å². The second-order valence-electron chi connectivity index (χ2n) is 7.68. The molecule has 31 heavy (non-hydrogen) atoms. The number of hydrogen-bond donors (Lipinski definition) is 2. The van der Waals surface area contributed by atoms with Gasteiger partial charge in [-0.1, -0.05) is 36.0 Å². The number of benzene rings is 1. The Bertz CT molecular complexity index is 1070. The van der Waals surface area contributed by atoms with E-state index in [-0.39, 0.29) is 18.4 Å². The molecule has 0 radical (unpaired) electrons. The Kier molecular flexibility index (Phi) is 6.43. The van der Waals surface area contributed by atoms with Crippen LogP contribution in [-0.2, 0) is 9.59 Å². The summed E-state index contributed by atoms with van der Waals surface area (Å²) in [5.41, 5.74) is 2.77. The van der Waals surface area contributed by atoms with Crippen molar-refractivity contribution >= 4 is 40.6 Å². The van der Waals surface area contributed by atoms with Crippen LogP contribution in [0, 0.1) is 13.8 Å². The van der Waals surface area contributed by atoms with E-state index in [0.717, 1.165) is 45.5 Å². The third-order valence-electron chi connectivity index (χ3n) is 5.14. The Hall–Kier alpha value is -2.65. The van der Waals surface area contributed by atoms with Crippen molar-refractivity contribution in [2.75, 3.05) is 11.9 Å². The van der Waals surface area contributed by atoms with E-state index in [2.05, 4.69) is 25.4 Å². The maximum absolute atomic E-state index is 12.6. The van der Waals surface area contributed by atoms with E-state index < -0.39 is 5.25 Å². The first-order chi connectivity index (χ1) is 14.9. The number of hydrogen-bond acceptors (Lipinski definition) is 6. The Labute approximate surface area is 189 Å². The predicted octanol–water partition coefficient (Wildman–Crippen LogP) is 4.19. The molecule has 7 nitrogen and oxygen atoms in total. The van der Waals surface area contributed by atoms with Gasteiger partial charge < -0.3 is 10.6 Å². The van der Waals surface area contributed by atoms with Gasteiger partial charge in [0.2, 0.25) is 11.8 Å². The molecule has 3 aromatic rings. The van der Waals surface area contributed by atoms with E-state index in [1.165, 1.54) is 11.8 Å². The molecule has 0 aliphatic heterocycles. The van der Waals surface area contributed by atoms with Crippen LogP contribution in [0.5, 0.6) is 0 Å². The Morgan fingerprint density at radius 3 is 2.58 bits per heavy atom. The number of rotatable bonds is 8. The van der Waals surface area contributed by atoms with Gasteiger partial charge in [-0.05, 0) is 56.2 Å². The van der Waals surface area contributed by atoms with Crippen LogP contribution in [0.25, 0.3) is 10.7 Å². The number of nitrogens with zero attached hydrogens (tertiary/aromatic N) is 3. The number of carbonyl (C=O) groups is 2. The summed E-state index contributed by atoms with van der Waals surface area (Å²) in [6.45, 7) is 5.63. The Balaban J connectivity index is 1.36. The molecule has 2 heterocycles. The third-order valence-corrected chi connectivity index (χ3v) is 7.06. The van der Waals surface area contributed by atoms with Crippen molar-refractivity contribution in [2.45, 2.75) is 50.1 Å². The second kappa shape index (κ2) is 9.23. The SMILES string of the molecule is Cc1cccc(C)c1NC(=O)CNC(=O)C(C)Sc1nnc(-c2cccs2)n1C1CC1. The summed E-state index contributed by atoms with van der Waals surface area (Å²) >= 11 is 3.01. The zero-order valence-electron chi connectivity index (χ0n) is 17.7. The Morgan fingerprint density at radius 1 is 1.19 bits per heavy atom. The van der Waals surface area contributed by atoms with Crippen LogP contribution in [0.2, 0.25) is 0 Å². The first-order valence-corrected chi connectivity index (χ1v) is 12.0. The average molecular weight is 456 g/mol. The van der Waals surface area contributed by atoms with Gasteiger partial charge in [0.15, 0.2) is 11.0 Å². The summed E-state index contributed by atoms with van der Waals surface area (Å²) in [5, 5.41) is 16.7. The van der Waals surface area contributed by atoms with Gasteiger partial charge in [-0.25, -0.2) is 0 Å². The monoisotopic (exact) mass is 455 g/mol. The lowest BCUT2D eigenvalue weighted by Crippen LogP contribution is -2.37. The fourth-order valence-electron chi connectivity index (χ4n) is 3.31. The summed E-state index contributed by atoms with van der Waals surface area (Å²) < 4.78 is 2.15. The van der Waals surface area contributed by atoms with Crippen molar-refractivity contribution in [3.63, 3.8) is 0 Å². The molecule has 2 N–H and O–H groups in total. The molecule has 9 heteroatoms. The third kappa shape index (κ3) is 4.99. The molecule has 0 bridgehead atoms. The molecule has 2 aromatic heterocycles. The topological polar surface area (TPSA) is 88.9 Å². The van der Waals surface area contributed by atoms with Crippen LogP contribution in [0.4, 0.5) is 5.69 Å². The van der Waals surface area contributed by atoms with Crippen molar-refractivity contribution in [2.24, 2.45) is 0 Å². The summed E-state index contributed by atoms with van der Waals surface area (Å²) in [6, 6.07) is 10.3. The zero-order chi connectivity index (χ0) is 22.0. The standard InChI is InChI=1S/C22H25N5O2S2/c1-13-6-4-7-14(2)19(13)24-18(28)12-23-21(29)15(3)31-22-26-25-20(17-8-5-11-30-17)27(22)16-9-10-16/h4-8,11,15-16H,9-10,12H2,1-3H3,(H,23,29)(H,24,28). The molecule has 1 saturated carbocycles. The first-order valence-electron chi connectivity index (χ1n) is 10.2. The van der Waals surface area contributed by atoms with Crippen molar-refractivity contribution < 1.29 is 9.59 Å². The van der Waals surface area contributed by atoms with E-state index in [9.17, 15) is 9.59 Å². The molecule has 0 saturated heterocycles. The van der Waals surface area contributed by atoms with Crippen LogP contribution in [0.1, 0.15) is 36.9 Å². The van der Waals surface area contributed by atoms with Crippen molar-refractivity contribution in [3.05, 3.63) is 46.8 Å². The molecule has 1 aliphatic rings. The minimum Gasteiger partial charge on any atom is -0.346 e. The van der Waals surface area contributed by atoms with Gasteiger partial charge in [-0.2, -0.15) is 0 Å². The minimum atomic E-state index is -0.397. The smallest absolute Gasteiger partial charge is 0.243 e. The summed E-state index contributed by atoms with van der Waals surface area (Å²) in [7, 11) is 0. The molecule has 162 valence electrons. The Morgan fingerprint density at radius 2 is 1.94 bits per heavy atom. The number of nitrogens with one attached hydrogen (secondary N) is 2. The van der Waals surface area contributed by atoms with E-state index in [1.807, 2.05) is 56.5 Å². The summed E-state index contributed by atoms with van der Waals surface area (Å²) in [6.07, 6.45) is 2.20. The number of thiophene rings is 1.